The molecule has 0 N–H and O–H groups in total. The van der Waals surface area contributed by atoms with E-state index < -0.39 is 0 Å². The molecule has 0 saturated carbocycles. The van der Waals surface area contributed by atoms with Crippen molar-refractivity contribution in [2.75, 3.05) is 0 Å². The fourth-order valence-electron chi connectivity index (χ4n) is 3.59. The van der Waals surface area contributed by atoms with Gasteiger partial charge in [0, 0.05) is 34.5 Å². The van der Waals surface area contributed by atoms with Crippen molar-refractivity contribution in [2.24, 2.45) is 0 Å². The molecule has 0 unspecified atom stereocenters. The van der Waals surface area contributed by atoms with Crippen LogP contribution in [0.5, 0.6) is 11.6 Å². The van der Waals surface area contributed by atoms with Gasteiger partial charge in [0.15, 0.2) is 0 Å². The van der Waals surface area contributed by atoms with Gasteiger partial charge in [-0.25, -0.2) is 4.98 Å². The Bertz CT molecular complexity index is 1070. The summed E-state index contributed by atoms with van der Waals surface area (Å²) in [5.41, 5.74) is 3.44. The summed E-state index contributed by atoms with van der Waals surface area (Å²) in [5.74, 6) is 1.18. The molecule has 4 heteroatoms. The van der Waals surface area contributed by atoms with Crippen LogP contribution in [0.4, 0.5) is 0 Å². The third-order valence-corrected chi connectivity index (χ3v) is 5.71. The second-order valence-corrected chi connectivity index (χ2v) is 8.63. The van der Waals surface area contributed by atoms with Gasteiger partial charge in [0.1, 0.15) is 0 Å². The summed E-state index contributed by atoms with van der Waals surface area (Å²) in [6.07, 6.45) is 1.82. The van der Waals surface area contributed by atoms with Gasteiger partial charge in [-0.2, -0.15) is 48.0 Å². The molecule has 0 aliphatic rings. The molecule has 0 spiro atoms. The van der Waals surface area contributed by atoms with Crippen LogP contribution >= 0.6 is 0 Å². The quantitative estimate of drug-likeness (QED) is 0.236. The molecule has 0 bridgehead atoms. The summed E-state index contributed by atoms with van der Waals surface area (Å²) >= 11 is 0. The Morgan fingerprint density at radius 3 is 2.12 bits per heavy atom. The monoisotopic (exact) mass is 601 g/mol. The van der Waals surface area contributed by atoms with Crippen molar-refractivity contribution in [1.29, 1.82) is 0 Å². The molecular weight excluding hydrogens is 575 g/mol. The summed E-state index contributed by atoms with van der Waals surface area (Å²) in [4.78, 5) is 9.32. The first kappa shape index (κ1) is 23.9. The average molecular weight is 602 g/mol. The number of hydrogen-bond acceptors (Lipinski definition) is 3. The van der Waals surface area contributed by atoms with Gasteiger partial charge in [-0.3, -0.25) is 4.98 Å². The van der Waals surface area contributed by atoms with Gasteiger partial charge in [0.05, 0.1) is 5.69 Å². The molecule has 2 aromatic heterocycles. The van der Waals surface area contributed by atoms with Crippen LogP contribution < -0.4 is 4.74 Å². The van der Waals surface area contributed by atoms with E-state index in [9.17, 15) is 0 Å². The van der Waals surface area contributed by atoms with Crippen LogP contribution in [-0.4, -0.2) is 9.97 Å². The van der Waals surface area contributed by atoms with Crippen LogP contribution in [0.2, 0.25) is 0 Å². The SMILES string of the molecule is CC(C)(c1[c-]c(Oc2cccc(C(C)(C)c3[c-]cccc3)n2)ccc1)c1ccccn1.[Pt+2]. The number of hydrogen-bond donors (Lipinski definition) is 0. The molecular formula is C28H26N2OPt. The van der Waals surface area contributed by atoms with Crippen LogP contribution in [-0.2, 0) is 31.9 Å². The maximum absolute atomic E-state index is 6.12. The predicted octanol–water partition coefficient (Wildman–Crippen LogP) is 6.52. The molecule has 32 heavy (non-hydrogen) atoms. The van der Waals surface area contributed by atoms with Crippen molar-refractivity contribution >= 4 is 0 Å². The van der Waals surface area contributed by atoms with Crippen molar-refractivity contribution < 1.29 is 25.8 Å². The molecule has 3 nitrogen and oxygen atoms in total. The van der Waals surface area contributed by atoms with Crippen molar-refractivity contribution in [1.82, 2.24) is 9.97 Å². The van der Waals surface area contributed by atoms with E-state index in [1.807, 2.05) is 72.9 Å². The van der Waals surface area contributed by atoms with Crippen molar-refractivity contribution in [3.63, 3.8) is 0 Å². The average Bonchev–Trinajstić information content (AvgIpc) is 2.80. The standard InChI is InChI=1S/C28H26N2O.Pt/c1-27(2,21-12-6-5-7-13-21)25-17-11-18-26(30-25)31-23-15-10-14-22(20-23)28(3,4)24-16-8-9-19-29-24;/h5-12,14-19H,1-4H3;/q-2;+2. The maximum atomic E-state index is 6.12. The summed E-state index contributed by atoms with van der Waals surface area (Å²) in [6.45, 7) is 8.57. The molecule has 0 aliphatic heterocycles. The first-order valence-corrected chi connectivity index (χ1v) is 10.4. The van der Waals surface area contributed by atoms with Crippen molar-refractivity contribution in [3.8, 4) is 11.6 Å². The number of ether oxygens (including phenoxy) is 1. The fourth-order valence-corrected chi connectivity index (χ4v) is 3.59. The third kappa shape index (κ3) is 5.00. The number of nitrogens with zero attached hydrogens (tertiary/aromatic N) is 2. The second kappa shape index (κ2) is 9.79. The van der Waals surface area contributed by atoms with Gasteiger partial charge >= 0.3 is 21.1 Å². The second-order valence-electron chi connectivity index (χ2n) is 8.63. The van der Waals surface area contributed by atoms with E-state index in [0.717, 1.165) is 22.5 Å². The Labute approximate surface area is 205 Å². The summed E-state index contributed by atoms with van der Waals surface area (Å²) in [6, 6.07) is 32.5. The van der Waals surface area contributed by atoms with Crippen LogP contribution in [0, 0.1) is 12.1 Å². The summed E-state index contributed by atoms with van der Waals surface area (Å²) in [7, 11) is 0. The minimum absolute atomic E-state index is 0. The molecule has 2 aromatic carbocycles. The first-order chi connectivity index (χ1) is 14.9. The number of pyridine rings is 2. The van der Waals surface area contributed by atoms with E-state index in [0.29, 0.717) is 11.6 Å². The minimum atomic E-state index is -0.291. The molecule has 0 fully saturated rings. The molecule has 0 atom stereocenters. The molecule has 4 rings (SSSR count). The van der Waals surface area contributed by atoms with Gasteiger partial charge in [-0.1, -0.05) is 39.8 Å². The van der Waals surface area contributed by atoms with E-state index >= 15 is 0 Å². The smallest absolute Gasteiger partial charge is 0.466 e. The summed E-state index contributed by atoms with van der Waals surface area (Å²) in [5, 5.41) is 0. The number of benzene rings is 2. The fraction of sp³-hybridized carbons (Fsp3) is 0.214. The van der Waals surface area contributed by atoms with E-state index in [-0.39, 0.29) is 31.9 Å². The Hall–Kier alpha value is -2.77. The maximum Gasteiger partial charge on any atom is 2.00 e. The Kier molecular flexibility index (Phi) is 7.31. The Morgan fingerprint density at radius 2 is 1.41 bits per heavy atom. The van der Waals surface area contributed by atoms with Gasteiger partial charge in [-0.15, -0.1) is 17.7 Å². The van der Waals surface area contributed by atoms with E-state index in [1.165, 1.54) is 0 Å². The molecule has 4 aromatic rings. The van der Waals surface area contributed by atoms with Gasteiger partial charge < -0.3 is 4.74 Å². The van der Waals surface area contributed by atoms with Gasteiger partial charge in [0.25, 0.3) is 0 Å². The molecule has 0 radical (unpaired) electrons. The first-order valence-electron chi connectivity index (χ1n) is 10.4. The topological polar surface area (TPSA) is 35.0 Å². The summed E-state index contributed by atoms with van der Waals surface area (Å²) < 4.78 is 6.12. The van der Waals surface area contributed by atoms with Crippen LogP contribution in [0.25, 0.3) is 0 Å². The molecule has 2 heterocycles. The molecule has 0 saturated heterocycles. The number of rotatable bonds is 6. The predicted molar refractivity (Wildman–Crippen MR) is 123 cm³/mol. The largest absolute Gasteiger partial charge is 2.00 e. The van der Waals surface area contributed by atoms with E-state index in [1.54, 1.807) is 0 Å². The molecule has 0 aliphatic carbocycles. The molecule has 164 valence electrons. The Morgan fingerprint density at radius 1 is 0.719 bits per heavy atom. The zero-order valence-electron chi connectivity index (χ0n) is 18.7. The van der Waals surface area contributed by atoms with Crippen LogP contribution in [0.3, 0.4) is 0 Å². The zero-order valence-corrected chi connectivity index (χ0v) is 21.0. The van der Waals surface area contributed by atoms with E-state index in [2.05, 4.69) is 56.9 Å². The van der Waals surface area contributed by atoms with Crippen molar-refractivity contribution in [2.45, 2.75) is 38.5 Å². The zero-order chi connectivity index (χ0) is 21.9. The van der Waals surface area contributed by atoms with Gasteiger partial charge in [-0.05, 0) is 18.2 Å². The third-order valence-electron chi connectivity index (χ3n) is 5.71. The Balaban J connectivity index is 0.00000289. The minimum Gasteiger partial charge on any atom is -0.466 e. The number of aromatic nitrogens is 2. The normalized spacial score (nSPS) is 11.5. The van der Waals surface area contributed by atoms with Crippen LogP contribution in [0.1, 0.15) is 50.2 Å². The van der Waals surface area contributed by atoms with Gasteiger partial charge in [0.2, 0.25) is 5.88 Å². The molecule has 0 amide bonds. The van der Waals surface area contributed by atoms with Crippen molar-refractivity contribution in [3.05, 3.63) is 120 Å². The van der Waals surface area contributed by atoms with E-state index in [4.69, 9.17) is 9.72 Å². The van der Waals surface area contributed by atoms with Crippen LogP contribution in [0.15, 0.2) is 85.1 Å².